The smallest absolute Gasteiger partial charge is 1.00 e. The van der Waals surface area contributed by atoms with Crippen LogP contribution in [0.15, 0.2) is 85.0 Å². The van der Waals surface area contributed by atoms with E-state index in [-0.39, 0.29) is 24.8 Å². The molecule has 0 aliphatic heterocycles. The normalized spacial score (nSPS) is 18.4. The molecule has 0 nitrogen and oxygen atoms in total. The molecule has 2 aromatic carbocycles. The van der Waals surface area contributed by atoms with Crippen LogP contribution in [0.1, 0.15) is 43.5 Å². The van der Waals surface area contributed by atoms with Crippen molar-refractivity contribution in [3.8, 4) is 0 Å². The van der Waals surface area contributed by atoms with E-state index in [4.69, 9.17) is 0 Å². The third kappa shape index (κ3) is 4.62. The molecule has 0 amide bonds. The molecule has 2 unspecified atom stereocenters. The Morgan fingerprint density at radius 1 is 0.767 bits per heavy atom. The van der Waals surface area contributed by atoms with Gasteiger partial charge in [-0.15, -0.1) is 0 Å². The molecule has 0 spiro atoms. The fraction of sp³-hybridized carbons (Fsp3) is 0.231. The Morgan fingerprint density at radius 3 is 1.57 bits per heavy atom. The van der Waals surface area contributed by atoms with Crippen LogP contribution in [0.25, 0.3) is 12.2 Å². The van der Waals surface area contributed by atoms with E-state index < -0.39 is 26.6 Å². The van der Waals surface area contributed by atoms with Crippen molar-refractivity contribution in [2.45, 2.75) is 33.3 Å². The molecule has 0 saturated heterocycles. The first-order valence-electron chi connectivity index (χ1n) is 10.3. The van der Waals surface area contributed by atoms with Gasteiger partial charge in [-0.25, -0.2) is 0 Å². The fourth-order valence-corrected chi connectivity index (χ4v) is 44.6. The Labute approximate surface area is 202 Å². The predicted octanol–water partition coefficient (Wildman–Crippen LogP) is 1.02. The van der Waals surface area contributed by atoms with Gasteiger partial charge in [0.2, 0.25) is 0 Å². The number of rotatable bonds is 7. The van der Waals surface area contributed by atoms with Gasteiger partial charge in [-0.2, -0.15) is 0 Å². The quantitative estimate of drug-likeness (QED) is 0.322. The van der Waals surface area contributed by atoms with Crippen LogP contribution < -0.4 is 24.8 Å². The van der Waals surface area contributed by atoms with Crippen molar-refractivity contribution in [3.05, 3.63) is 107 Å². The van der Waals surface area contributed by atoms with Gasteiger partial charge < -0.3 is 24.8 Å². The molecule has 2 atom stereocenters. The zero-order valence-corrected chi connectivity index (χ0v) is 24.0. The third-order valence-corrected chi connectivity index (χ3v) is 40.1. The average Bonchev–Trinajstić information content (AvgIpc) is 3.19. The molecule has 2 aliphatic carbocycles. The van der Waals surface area contributed by atoms with Crippen molar-refractivity contribution in [2.75, 3.05) is 0 Å². The molecule has 0 aromatic heterocycles. The number of halogens is 2. The number of allylic oxidation sites excluding steroid dienone is 4. The first-order valence-corrected chi connectivity index (χ1v) is 22.9. The summed E-state index contributed by atoms with van der Waals surface area (Å²) in [6, 6.07) is 20.8. The van der Waals surface area contributed by atoms with E-state index in [0.29, 0.717) is 0 Å². The van der Waals surface area contributed by atoms with E-state index >= 15 is 0 Å². The maximum absolute atomic E-state index is 4.15. The summed E-state index contributed by atoms with van der Waals surface area (Å²) in [5, 5.41) is 0. The van der Waals surface area contributed by atoms with Crippen LogP contribution in [-0.4, -0.2) is 5.98 Å². The standard InChI is InChI=1S/2C10H9.C6H11Si.2ClH.Hf/c2*1-8-6-9-4-2-3-5-10(9)7-8;1-3-5-7-6-4-2;;;/h2*2-7H,1H3;3-4,7H,1-2,5-6H2;2*1H;/q;;;;;+2/p-2. The van der Waals surface area contributed by atoms with Crippen LogP contribution in [0.3, 0.4) is 0 Å². The zero-order chi connectivity index (χ0) is 19.7. The minimum absolute atomic E-state index is 0. The molecule has 0 radical (unpaired) electrons. The van der Waals surface area contributed by atoms with Crippen LogP contribution in [-0.2, 0) is 20.6 Å². The van der Waals surface area contributed by atoms with Crippen LogP contribution >= 0.6 is 0 Å². The van der Waals surface area contributed by atoms with E-state index in [9.17, 15) is 0 Å². The monoisotopic (exact) mass is 619 g/mol. The van der Waals surface area contributed by atoms with Crippen molar-refractivity contribution in [3.63, 3.8) is 0 Å². The van der Waals surface area contributed by atoms with Crippen LogP contribution in [0.2, 0.25) is 12.1 Å². The fourth-order valence-electron chi connectivity index (χ4n) is 5.25. The molecule has 30 heavy (non-hydrogen) atoms. The molecular formula is C26H29Cl2HfSi. The Hall–Kier alpha value is -0.933. The summed E-state index contributed by atoms with van der Waals surface area (Å²) >= 11 is -2.21. The molecule has 2 aromatic rings. The van der Waals surface area contributed by atoms with Gasteiger partial charge in [-0.1, -0.05) is 0 Å². The number of fused-ring (bicyclic) bond motifs is 2. The Kier molecular flexibility index (Phi) is 9.36. The first-order chi connectivity index (χ1) is 13.7. The second-order valence-corrected chi connectivity index (χ2v) is 32.5. The minimum atomic E-state index is -2.21. The Balaban J connectivity index is 0.00000160. The number of hydrogen-bond donors (Lipinski definition) is 0. The van der Waals surface area contributed by atoms with E-state index in [1.165, 1.54) is 23.2 Å². The molecule has 0 fully saturated rings. The minimum Gasteiger partial charge on any atom is -1.00 e. The molecule has 0 heterocycles. The molecule has 4 rings (SSSR count). The first kappa shape index (κ1) is 25.3. The molecule has 4 heteroatoms. The van der Waals surface area contributed by atoms with Crippen LogP contribution in [0, 0.1) is 0 Å². The number of benzene rings is 2. The third-order valence-electron chi connectivity index (χ3n) is 6.33. The van der Waals surface area contributed by atoms with Crippen molar-refractivity contribution in [1.29, 1.82) is 0 Å². The van der Waals surface area contributed by atoms with E-state index in [1.54, 1.807) is 22.3 Å². The second kappa shape index (κ2) is 11.1. The van der Waals surface area contributed by atoms with Crippen LogP contribution in [0.5, 0.6) is 0 Å². The van der Waals surface area contributed by atoms with Gasteiger partial charge in [0.15, 0.2) is 0 Å². The van der Waals surface area contributed by atoms with Gasteiger partial charge in [0, 0.05) is 0 Å². The molecule has 155 valence electrons. The summed E-state index contributed by atoms with van der Waals surface area (Å²) in [7, 11) is 0. The van der Waals surface area contributed by atoms with Crippen LogP contribution in [0.4, 0.5) is 0 Å². The Morgan fingerprint density at radius 2 is 1.17 bits per heavy atom. The maximum Gasteiger partial charge on any atom is -1.00 e. The summed E-state index contributed by atoms with van der Waals surface area (Å²) in [6.45, 7) is 13.1. The molecule has 2 aliphatic rings. The average molecular weight is 619 g/mol. The predicted molar refractivity (Wildman–Crippen MR) is 123 cm³/mol. The van der Waals surface area contributed by atoms with Gasteiger partial charge in [0.05, 0.1) is 0 Å². The van der Waals surface area contributed by atoms with Crippen molar-refractivity contribution < 1.29 is 45.4 Å². The van der Waals surface area contributed by atoms with E-state index in [1.807, 2.05) is 0 Å². The van der Waals surface area contributed by atoms with E-state index in [0.717, 1.165) is 7.35 Å². The maximum atomic E-state index is 4.15. The zero-order valence-electron chi connectivity index (χ0n) is 17.7. The molecule has 0 bridgehead atoms. The van der Waals surface area contributed by atoms with Gasteiger partial charge in [0.1, 0.15) is 0 Å². The summed E-state index contributed by atoms with van der Waals surface area (Å²) in [5.41, 5.74) is 9.39. The largest absolute Gasteiger partial charge is 1.00 e. The van der Waals surface area contributed by atoms with Gasteiger partial charge in [-0.3, -0.25) is 0 Å². The topological polar surface area (TPSA) is 0 Å². The molecular weight excluding hydrogens is 590 g/mol. The SMILES string of the molecule is C=CC[SiH](CC=C)[Hf+2]([CH]1C(C)=Cc2ccccc21)[CH]1C(C)=Cc2ccccc21.[Cl-].[Cl-]. The van der Waals surface area contributed by atoms with Gasteiger partial charge >= 0.3 is 179 Å². The van der Waals surface area contributed by atoms with E-state index in [2.05, 4.69) is 99.8 Å². The van der Waals surface area contributed by atoms with Gasteiger partial charge in [0.25, 0.3) is 0 Å². The number of hydrogen-bond acceptors (Lipinski definition) is 0. The van der Waals surface area contributed by atoms with Crippen molar-refractivity contribution >= 4 is 18.1 Å². The summed E-state index contributed by atoms with van der Waals surface area (Å²) in [5.74, 6) is -0.954. The summed E-state index contributed by atoms with van der Waals surface area (Å²) in [6.07, 6.45) is 9.37. The molecule has 0 saturated carbocycles. The Bertz CT molecular complexity index is 901. The van der Waals surface area contributed by atoms with Crippen molar-refractivity contribution in [2.24, 2.45) is 0 Å². The second-order valence-electron chi connectivity index (χ2n) is 8.15. The summed E-state index contributed by atoms with van der Waals surface area (Å²) < 4.78 is 1.44. The van der Waals surface area contributed by atoms with Gasteiger partial charge in [-0.05, 0) is 0 Å². The van der Waals surface area contributed by atoms with Crippen molar-refractivity contribution in [1.82, 2.24) is 0 Å². The molecule has 0 N–H and O–H groups in total. The summed E-state index contributed by atoms with van der Waals surface area (Å²) in [4.78, 5) is 0.